The van der Waals surface area contributed by atoms with E-state index in [4.69, 9.17) is 10.5 Å². The summed E-state index contributed by atoms with van der Waals surface area (Å²) in [6.07, 6.45) is 4.51. The maximum Gasteiger partial charge on any atom is 0.309 e. The lowest BCUT2D eigenvalue weighted by molar-refractivity contribution is -0.159. The van der Waals surface area contributed by atoms with Gasteiger partial charge in [-0.15, -0.1) is 23.5 Å². The van der Waals surface area contributed by atoms with E-state index in [9.17, 15) is 14.4 Å². The molecule has 1 saturated heterocycles. The molecule has 2 saturated carbocycles. The quantitative estimate of drug-likeness (QED) is 0.667. The molecule has 3 N–H and O–H groups in total. The van der Waals surface area contributed by atoms with E-state index in [-0.39, 0.29) is 17.8 Å². The molecule has 1 spiro atoms. The predicted octanol–water partition coefficient (Wildman–Crippen LogP) is 3.66. The molecular formula is C22H28N2O4S2. The van der Waals surface area contributed by atoms with Gasteiger partial charge in [-0.1, -0.05) is 6.42 Å². The maximum absolute atomic E-state index is 12.9. The highest BCUT2D eigenvalue weighted by Gasteiger charge is 2.55. The normalized spacial score (nSPS) is 28.0. The molecule has 2 bridgehead atoms. The van der Waals surface area contributed by atoms with Gasteiger partial charge in [0.05, 0.1) is 10.00 Å². The average molecular weight is 449 g/mol. The number of anilines is 1. The van der Waals surface area contributed by atoms with Gasteiger partial charge in [0.1, 0.15) is 0 Å². The first kappa shape index (κ1) is 21.6. The molecule has 1 aromatic carbocycles. The Hall–Kier alpha value is -1.67. The molecule has 3 fully saturated rings. The van der Waals surface area contributed by atoms with Crippen molar-refractivity contribution < 1.29 is 19.1 Å². The fraction of sp³-hybridized carbons (Fsp3) is 0.591. The van der Waals surface area contributed by atoms with Crippen molar-refractivity contribution in [1.29, 1.82) is 0 Å². The Morgan fingerprint density at radius 2 is 1.70 bits per heavy atom. The van der Waals surface area contributed by atoms with Gasteiger partial charge in [-0.25, -0.2) is 0 Å². The smallest absolute Gasteiger partial charge is 0.309 e. The maximum atomic E-state index is 12.9. The van der Waals surface area contributed by atoms with Crippen LogP contribution in [0.25, 0.3) is 0 Å². The number of primary amides is 1. The second kappa shape index (κ2) is 8.83. The predicted molar refractivity (Wildman–Crippen MR) is 120 cm³/mol. The minimum Gasteiger partial charge on any atom is -0.452 e. The van der Waals surface area contributed by atoms with Crippen molar-refractivity contribution in [1.82, 2.24) is 0 Å². The molecule has 6 nitrogen and oxygen atoms in total. The first-order valence-electron chi connectivity index (χ1n) is 10.6. The topological polar surface area (TPSA) is 98.5 Å². The monoisotopic (exact) mass is 448 g/mol. The largest absolute Gasteiger partial charge is 0.452 e. The molecule has 1 heterocycles. The van der Waals surface area contributed by atoms with E-state index in [1.54, 1.807) is 31.2 Å². The lowest BCUT2D eigenvalue weighted by atomic mass is 9.67. The van der Waals surface area contributed by atoms with Gasteiger partial charge in [-0.2, -0.15) is 0 Å². The number of benzene rings is 1. The Kier molecular flexibility index (Phi) is 6.34. The van der Waals surface area contributed by atoms with E-state index in [0.717, 1.165) is 12.8 Å². The lowest BCUT2D eigenvalue weighted by Crippen LogP contribution is -2.48. The summed E-state index contributed by atoms with van der Waals surface area (Å²) in [6, 6.07) is 6.30. The Bertz CT molecular complexity index is 807. The molecule has 4 rings (SSSR count). The van der Waals surface area contributed by atoms with Crippen molar-refractivity contribution in [3.63, 3.8) is 0 Å². The summed E-state index contributed by atoms with van der Waals surface area (Å²) in [5.41, 5.74) is 6.12. The van der Waals surface area contributed by atoms with Gasteiger partial charge in [0.2, 0.25) is 5.91 Å². The van der Waals surface area contributed by atoms with E-state index in [1.165, 1.54) is 30.8 Å². The molecule has 1 aromatic rings. The minimum atomic E-state index is -0.876. The zero-order chi connectivity index (χ0) is 21.3. The van der Waals surface area contributed by atoms with E-state index in [2.05, 4.69) is 28.8 Å². The molecule has 1 unspecified atom stereocenters. The molecule has 0 aromatic heterocycles. The highest BCUT2D eigenvalue weighted by molar-refractivity contribution is 8.21. The van der Waals surface area contributed by atoms with Crippen LogP contribution in [0.15, 0.2) is 24.3 Å². The van der Waals surface area contributed by atoms with Crippen molar-refractivity contribution in [3.05, 3.63) is 29.8 Å². The molecule has 3 aliphatic rings. The van der Waals surface area contributed by atoms with Gasteiger partial charge in [0.25, 0.3) is 5.91 Å². The number of amides is 2. The number of nitrogens with one attached hydrogen (secondary N) is 1. The first-order valence-corrected chi connectivity index (χ1v) is 12.6. The fourth-order valence-electron chi connectivity index (χ4n) is 5.09. The van der Waals surface area contributed by atoms with Crippen LogP contribution in [0, 0.1) is 17.8 Å². The van der Waals surface area contributed by atoms with E-state index in [0.29, 0.717) is 27.2 Å². The molecule has 1 aliphatic heterocycles. The molecule has 2 amide bonds. The summed E-state index contributed by atoms with van der Waals surface area (Å²) in [5.74, 6) is 2.28. The zero-order valence-electron chi connectivity index (χ0n) is 17.1. The second-order valence-corrected chi connectivity index (χ2v) is 11.4. The van der Waals surface area contributed by atoms with Crippen molar-refractivity contribution in [2.75, 3.05) is 16.8 Å². The lowest BCUT2D eigenvalue weighted by Gasteiger charge is -2.51. The summed E-state index contributed by atoms with van der Waals surface area (Å²) < 4.78 is 5.88. The molecular weight excluding hydrogens is 420 g/mol. The van der Waals surface area contributed by atoms with Crippen LogP contribution in [-0.2, 0) is 14.3 Å². The SMILES string of the molecule is C[C@@H](OC(=O)C1C[C@H]2CCC[C@@H](C1)C21SCCS1)C(=O)Nc1ccc(C(N)=O)cc1. The second-order valence-electron chi connectivity index (χ2n) is 8.42. The third-order valence-electron chi connectivity index (χ3n) is 6.55. The van der Waals surface area contributed by atoms with Crippen LogP contribution in [0.4, 0.5) is 5.69 Å². The van der Waals surface area contributed by atoms with Crippen LogP contribution in [0.1, 0.15) is 49.4 Å². The van der Waals surface area contributed by atoms with Crippen molar-refractivity contribution in [2.24, 2.45) is 23.5 Å². The Morgan fingerprint density at radius 3 is 2.27 bits per heavy atom. The third kappa shape index (κ3) is 4.21. The number of hydrogen-bond acceptors (Lipinski definition) is 6. The van der Waals surface area contributed by atoms with Gasteiger partial charge in [-0.3, -0.25) is 14.4 Å². The van der Waals surface area contributed by atoms with Crippen LogP contribution in [0.3, 0.4) is 0 Å². The fourth-order valence-corrected chi connectivity index (χ4v) is 9.02. The summed E-state index contributed by atoms with van der Waals surface area (Å²) in [7, 11) is 0. The molecule has 30 heavy (non-hydrogen) atoms. The number of nitrogens with two attached hydrogens (primary N) is 1. The number of hydrogen-bond donors (Lipinski definition) is 2. The number of rotatable bonds is 5. The third-order valence-corrected chi connectivity index (χ3v) is 10.6. The van der Waals surface area contributed by atoms with Crippen molar-refractivity contribution in [2.45, 2.75) is 49.2 Å². The van der Waals surface area contributed by atoms with Gasteiger partial charge in [0.15, 0.2) is 6.10 Å². The average Bonchev–Trinajstić information content (AvgIpc) is 3.17. The summed E-state index contributed by atoms with van der Waals surface area (Å²) >= 11 is 4.22. The number of carbonyl (C=O) groups is 3. The van der Waals surface area contributed by atoms with E-state index in [1.807, 2.05) is 0 Å². The molecule has 162 valence electrons. The number of esters is 1. The van der Waals surface area contributed by atoms with Crippen molar-refractivity contribution in [3.8, 4) is 0 Å². The zero-order valence-corrected chi connectivity index (χ0v) is 18.7. The van der Waals surface area contributed by atoms with E-state index >= 15 is 0 Å². The summed E-state index contributed by atoms with van der Waals surface area (Å²) in [5, 5.41) is 2.72. The number of thioether (sulfide) groups is 2. The van der Waals surface area contributed by atoms with Crippen LogP contribution >= 0.6 is 23.5 Å². The minimum absolute atomic E-state index is 0.113. The van der Waals surface area contributed by atoms with Gasteiger partial charge in [0, 0.05) is 22.8 Å². The van der Waals surface area contributed by atoms with Crippen LogP contribution in [0.5, 0.6) is 0 Å². The molecule has 8 heteroatoms. The Balaban J connectivity index is 1.33. The first-order chi connectivity index (χ1) is 14.4. The molecule has 4 atom stereocenters. The molecule has 2 aliphatic carbocycles. The van der Waals surface area contributed by atoms with Gasteiger partial charge < -0.3 is 15.8 Å². The Labute approximate surface area is 185 Å². The van der Waals surface area contributed by atoms with Crippen LogP contribution in [0.2, 0.25) is 0 Å². The van der Waals surface area contributed by atoms with Gasteiger partial charge >= 0.3 is 5.97 Å². The highest BCUT2D eigenvalue weighted by Crippen LogP contribution is 2.64. The standard InChI is InChI=1S/C22H28N2O4S2/c1-13(20(26)24-18-7-5-14(6-8-18)19(23)25)28-21(27)15-11-16-3-2-4-17(12-15)22(16)29-9-10-30-22/h5-8,13,15-17H,2-4,9-12H2,1H3,(H2,23,25)(H,24,26)/t13-,15?,16-,17+/m1/s1. The van der Waals surface area contributed by atoms with Crippen LogP contribution in [-0.4, -0.2) is 39.5 Å². The van der Waals surface area contributed by atoms with E-state index < -0.39 is 12.0 Å². The number of carbonyl (C=O) groups excluding carboxylic acids is 3. The van der Waals surface area contributed by atoms with Gasteiger partial charge in [-0.05, 0) is 68.7 Å². The highest BCUT2D eigenvalue weighted by atomic mass is 32.2. The summed E-state index contributed by atoms with van der Waals surface area (Å²) in [6.45, 7) is 1.60. The Morgan fingerprint density at radius 1 is 1.10 bits per heavy atom. The van der Waals surface area contributed by atoms with Crippen LogP contribution < -0.4 is 11.1 Å². The van der Waals surface area contributed by atoms with Crippen molar-refractivity contribution >= 4 is 47.0 Å². The number of ether oxygens (including phenoxy) is 1. The summed E-state index contributed by atoms with van der Waals surface area (Å²) in [4.78, 5) is 36.5. The molecule has 0 radical (unpaired) electrons.